The lowest BCUT2D eigenvalue weighted by Crippen LogP contribution is -2.25. The van der Waals surface area contributed by atoms with Gasteiger partial charge < -0.3 is 14.4 Å². The van der Waals surface area contributed by atoms with Crippen LogP contribution in [0.4, 0.5) is 17.1 Å². The van der Waals surface area contributed by atoms with E-state index in [-0.39, 0.29) is 0 Å². The molecule has 3 nitrogen and oxygen atoms in total. The number of anilines is 3. The van der Waals surface area contributed by atoms with Gasteiger partial charge in [-0.3, -0.25) is 0 Å². The molecular formula is C55H33NO2S. The quantitative estimate of drug-likeness (QED) is 0.178. The molecule has 0 bridgehead atoms. The van der Waals surface area contributed by atoms with Crippen LogP contribution in [-0.4, -0.2) is 0 Å². The molecule has 59 heavy (non-hydrogen) atoms. The molecule has 2 aliphatic carbocycles. The molecule has 1 aromatic heterocycles. The Labute approximate surface area is 345 Å². The van der Waals surface area contributed by atoms with Crippen molar-refractivity contribution >= 4 is 48.6 Å². The summed E-state index contributed by atoms with van der Waals surface area (Å²) in [6.07, 6.45) is 0. The normalized spacial score (nSPS) is 13.5. The Morgan fingerprint density at radius 2 is 0.966 bits per heavy atom. The minimum absolute atomic E-state index is 0.476. The van der Waals surface area contributed by atoms with E-state index in [4.69, 9.17) is 9.47 Å². The van der Waals surface area contributed by atoms with Crippen LogP contribution in [0, 0.1) is 0 Å². The Kier molecular flexibility index (Phi) is 6.81. The third-order valence-electron chi connectivity index (χ3n) is 12.5. The van der Waals surface area contributed by atoms with Gasteiger partial charge in [0, 0.05) is 31.5 Å². The van der Waals surface area contributed by atoms with Gasteiger partial charge in [0.25, 0.3) is 0 Å². The number of nitrogens with zero attached hydrogens (tertiary/aromatic N) is 1. The van der Waals surface area contributed by atoms with E-state index in [0.29, 0.717) is 23.0 Å². The Morgan fingerprint density at radius 3 is 1.71 bits per heavy atom. The van der Waals surface area contributed by atoms with Crippen LogP contribution in [0.25, 0.3) is 53.6 Å². The van der Waals surface area contributed by atoms with E-state index in [1.807, 2.05) is 17.4 Å². The average Bonchev–Trinajstić information content (AvgIpc) is 3.92. The summed E-state index contributed by atoms with van der Waals surface area (Å²) in [5, 5.41) is 2.61. The maximum Gasteiger partial charge on any atom is 0.194 e. The molecule has 9 aromatic carbocycles. The number of ether oxygens (including phenoxy) is 2. The predicted octanol–water partition coefficient (Wildman–Crippen LogP) is 15.4. The van der Waals surface area contributed by atoms with Crippen LogP contribution in [0.3, 0.4) is 0 Å². The van der Waals surface area contributed by atoms with Gasteiger partial charge in [-0.1, -0.05) is 133 Å². The van der Waals surface area contributed by atoms with Gasteiger partial charge in [-0.15, -0.1) is 11.3 Å². The fourth-order valence-electron chi connectivity index (χ4n) is 10.1. The molecule has 3 aliphatic rings. The molecule has 1 aliphatic heterocycles. The van der Waals surface area contributed by atoms with Crippen molar-refractivity contribution in [2.45, 2.75) is 5.41 Å². The van der Waals surface area contributed by atoms with Crippen LogP contribution < -0.4 is 14.4 Å². The summed E-state index contributed by atoms with van der Waals surface area (Å²) in [5.41, 5.74) is 14.9. The van der Waals surface area contributed by atoms with Crippen molar-refractivity contribution in [3.05, 3.63) is 222 Å². The predicted molar refractivity (Wildman–Crippen MR) is 242 cm³/mol. The van der Waals surface area contributed by atoms with Gasteiger partial charge in [-0.05, 0) is 122 Å². The van der Waals surface area contributed by atoms with Crippen LogP contribution in [0.15, 0.2) is 200 Å². The van der Waals surface area contributed by atoms with Crippen molar-refractivity contribution in [3.8, 4) is 56.4 Å². The fourth-order valence-corrected chi connectivity index (χ4v) is 11.1. The number of rotatable bonds is 4. The van der Waals surface area contributed by atoms with Crippen LogP contribution in [0.1, 0.15) is 22.3 Å². The molecular weight excluding hydrogens is 739 g/mol. The minimum Gasteiger partial charge on any atom is -0.449 e. The van der Waals surface area contributed by atoms with Gasteiger partial charge in [0.1, 0.15) is 0 Å². The van der Waals surface area contributed by atoms with E-state index in [1.54, 1.807) is 0 Å². The van der Waals surface area contributed by atoms with Crippen LogP contribution in [-0.2, 0) is 5.41 Å². The molecule has 0 saturated carbocycles. The Bertz CT molecular complexity index is 3300. The highest BCUT2D eigenvalue weighted by molar-refractivity contribution is 7.25. The van der Waals surface area contributed by atoms with Crippen molar-refractivity contribution < 1.29 is 9.47 Å². The number of benzene rings is 9. The second-order valence-corrected chi connectivity index (χ2v) is 16.7. The summed E-state index contributed by atoms with van der Waals surface area (Å²) >= 11 is 1.85. The second-order valence-electron chi connectivity index (χ2n) is 15.6. The summed E-state index contributed by atoms with van der Waals surface area (Å²) < 4.78 is 16.6. The number of fused-ring (bicyclic) bond motifs is 15. The molecule has 1 spiro atoms. The van der Waals surface area contributed by atoms with E-state index in [2.05, 4.69) is 199 Å². The summed E-state index contributed by atoms with van der Waals surface area (Å²) in [7, 11) is 0. The van der Waals surface area contributed by atoms with Crippen molar-refractivity contribution in [2.75, 3.05) is 4.90 Å². The molecule has 0 N–H and O–H groups in total. The van der Waals surface area contributed by atoms with Crippen molar-refractivity contribution in [1.82, 2.24) is 0 Å². The standard InChI is InChI=1S/C55H33NO2S/c1-2-13-36(14-3-1)56(37-28-25-34(26-29-37)35-27-30-53-43(31-35)41-18-7-11-24-52(41)59-53)48-22-12-23-49-54(48)58-51-33-47-42(32-50(51)57-49)40-17-6-10-21-46(40)55(47)44-19-8-4-15-38(44)39-16-5-9-20-45(39)55/h1-33H. The zero-order valence-corrected chi connectivity index (χ0v) is 32.5. The maximum atomic E-state index is 7.13. The maximum absolute atomic E-state index is 7.13. The largest absolute Gasteiger partial charge is 0.449 e. The number of hydrogen-bond acceptors (Lipinski definition) is 4. The zero-order valence-electron chi connectivity index (χ0n) is 31.7. The molecule has 13 rings (SSSR count). The van der Waals surface area contributed by atoms with E-state index in [1.165, 1.54) is 75.8 Å². The number of hydrogen-bond donors (Lipinski definition) is 0. The molecule has 0 atom stereocenters. The average molecular weight is 772 g/mol. The summed E-state index contributed by atoms with van der Waals surface area (Å²) in [5.74, 6) is 2.78. The Balaban J connectivity index is 0.937. The fraction of sp³-hybridized carbons (Fsp3) is 0.0182. The van der Waals surface area contributed by atoms with Gasteiger partial charge in [0.2, 0.25) is 0 Å². The molecule has 0 unspecified atom stereocenters. The third-order valence-corrected chi connectivity index (χ3v) is 13.7. The third kappa shape index (κ3) is 4.58. The lowest BCUT2D eigenvalue weighted by molar-refractivity contribution is 0.360. The van der Waals surface area contributed by atoms with E-state index in [9.17, 15) is 0 Å². The number of thiophene rings is 1. The molecule has 276 valence electrons. The molecule has 0 amide bonds. The first kappa shape index (κ1) is 32.7. The van der Waals surface area contributed by atoms with E-state index >= 15 is 0 Å². The first-order chi connectivity index (χ1) is 29.2. The second kappa shape index (κ2) is 12.3. The van der Waals surface area contributed by atoms with Gasteiger partial charge in [0.15, 0.2) is 23.0 Å². The Morgan fingerprint density at radius 1 is 0.373 bits per heavy atom. The van der Waals surface area contributed by atoms with Crippen molar-refractivity contribution in [3.63, 3.8) is 0 Å². The smallest absolute Gasteiger partial charge is 0.194 e. The van der Waals surface area contributed by atoms with Crippen molar-refractivity contribution in [1.29, 1.82) is 0 Å². The molecule has 2 heterocycles. The van der Waals surface area contributed by atoms with Gasteiger partial charge >= 0.3 is 0 Å². The van der Waals surface area contributed by atoms with Gasteiger partial charge in [0.05, 0.1) is 11.1 Å². The first-order valence-corrected chi connectivity index (χ1v) is 20.9. The first-order valence-electron chi connectivity index (χ1n) is 20.1. The van der Waals surface area contributed by atoms with E-state index in [0.717, 1.165) is 17.1 Å². The number of para-hydroxylation sites is 2. The van der Waals surface area contributed by atoms with Gasteiger partial charge in [-0.2, -0.15) is 0 Å². The van der Waals surface area contributed by atoms with Crippen LogP contribution in [0.5, 0.6) is 23.0 Å². The minimum atomic E-state index is -0.476. The monoisotopic (exact) mass is 771 g/mol. The highest BCUT2D eigenvalue weighted by Gasteiger charge is 2.52. The van der Waals surface area contributed by atoms with Gasteiger partial charge in [-0.25, -0.2) is 0 Å². The zero-order chi connectivity index (χ0) is 38.7. The Hall–Kier alpha value is -7.40. The topological polar surface area (TPSA) is 21.7 Å². The van der Waals surface area contributed by atoms with Crippen LogP contribution in [0.2, 0.25) is 0 Å². The summed E-state index contributed by atoms with van der Waals surface area (Å²) in [6.45, 7) is 0. The highest BCUT2D eigenvalue weighted by Crippen LogP contribution is 2.65. The molecule has 10 aromatic rings. The lowest BCUT2D eigenvalue weighted by atomic mass is 9.70. The SMILES string of the molecule is c1ccc(N(c2ccc(-c3ccc4sc5ccccc5c4c3)cc2)c2cccc3c2Oc2cc4c(cc2O3)-c2ccccc2C42c3ccccc3-c3ccccc32)cc1. The summed E-state index contributed by atoms with van der Waals surface area (Å²) in [6, 6.07) is 72.1. The van der Waals surface area contributed by atoms with Crippen LogP contribution >= 0.6 is 11.3 Å². The molecule has 0 radical (unpaired) electrons. The lowest BCUT2D eigenvalue weighted by Gasteiger charge is -2.32. The molecule has 0 saturated heterocycles. The highest BCUT2D eigenvalue weighted by atomic mass is 32.1. The molecule has 4 heteroatoms. The summed E-state index contributed by atoms with van der Waals surface area (Å²) in [4.78, 5) is 2.26. The molecule has 0 fully saturated rings. The van der Waals surface area contributed by atoms with Crippen molar-refractivity contribution in [2.24, 2.45) is 0 Å². The van der Waals surface area contributed by atoms with E-state index < -0.39 is 5.41 Å².